The van der Waals surface area contributed by atoms with Gasteiger partial charge in [-0.15, -0.1) is 10.2 Å². The first kappa shape index (κ1) is 13.7. The second-order valence-electron chi connectivity index (χ2n) is 7.17. The summed E-state index contributed by atoms with van der Waals surface area (Å²) in [6.45, 7) is 4.01. The van der Waals surface area contributed by atoms with Crippen LogP contribution in [0.15, 0.2) is 0 Å². The van der Waals surface area contributed by atoms with Gasteiger partial charge in [-0.2, -0.15) is 0 Å². The second kappa shape index (κ2) is 5.36. The van der Waals surface area contributed by atoms with E-state index in [1.54, 1.807) is 0 Å². The minimum Gasteiger partial charge on any atom is -0.390 e. The molecule has 1 aromatic heterocycles. The zero-order valence-corrected chi connectivity index (χ0v) is 12.8. The number of hydrogen-bond acceptors (Lipinski definition) is 4. The first-order valence-electron chi connectivity index (χ1n) is 8.60. The molecule has 4 rings (SSSR count). The molecule has 5 nitrogen and oxygen atoms in total. The number of hydrogen-bond donors (Lipinski definition) is 1. The number of likely N-dealkylation sites (tertiary alicyclic amines) is 1. The van der Waals surface area contributed by atoms with Crippen LogP contribution in [0.3, 0.4) is 0 Å². The van der Waals surface area contributed by atoms with Crippen LogP contribution in [0.4, 0.5) is 0 Å². The fraction of sp³-hybridized carbons (Fsp3) is 0.875. The SMILES string of the molecule is OC12CCCCC1CN(Cc1nnc3n1CCCC3)CC2. The quantitative estimate of drug-likeness (QED) is 0.901. The Hall–Kier alpha value is -0.940. The van der Waals surface area contributed by atoms with E-state index in [1.165, 1.54) is 37.9 Å². The van der Waals surface area contributed by atoms with Gasteiger partial charge in [-0.1, -0.05) is 12.8 Å². The summed E-state index contributed by atoms with van der Waals surface area (Å²) in [6.07, 6.45) is 9.17. The predicted molar refractivity (Wildman–Crippen MR) is 79.8 cm³/mol. The van der Waals surface area contributed by atoms with Crippen molar-refractivity contribution in [3.8, 4) is 0 Å². The maximum Gasteiger partial charge on any atom is 0.147 e. The summed E-state index contributed by atoms with van der Waals surface area (Å²) >= 11 is 0. The maximum atomic E-state index is 10.8. The van der Waals surface area contributed by atoms with Crippen LogP contribution in [0, 0.1) is 5.92 Å². The Morgan fingerprint density at radius 1 is 1.10 bits per heavy atom. The highest BCUT2D eigenvalue weighted by molar-refractivity contribution is 5.01. The van der Waals surface area contributed by atoms with Crippen LogP contribution in [0.25, 0.3) is 0 Å². The van der Waals surface area contributed by atoms with Crippen molar-refractivity contribution in [3.63, 3.8) is 0 Å². The van der Waals surface area contributed by atoms with Crippen molar-refractivity contribution in [1.29, 1.82) is 0 Å². The van der Waals surface area contributed by atoms with E-state index in [0.717, 1.165) is 51.3 Å². The van der Waals surface area contributed by atoms with Gasteiger partial charge in [-0.3, -0.25) is 4.90 Å². The third kappa shape index (κ3) is 2.50. The molecule has 2 fully saturated rings. The molecule has 0 bridgehead atoms. The van der Waals surface area contributed by atoms with E-state index >= 15 is 0 Å². The fourth-order valence-corrected chi connectivity index (χ4v) is 4.47. The van der Waals surface area contributed by atoms with Gasteiger partial charge in [0.25, 0.3) is 0 Å². The smallest absolute Gasteiger partial charge is 0.147 e. The molecular formula is C16H26N4O. The minimum absolute atomic E-state index is 0.376. The van der Waals surface area contributed by atoms with Crippen LogP contribution in [0.5, 0.6) is 0 Å². The van der Waals surface area contributed by atoms with Gasteiger partial charge in [0.05, 0.1) is 12.1 Å². The van der Waals surface area contributed by atoms with Crippen molar-refractivity contribution < 1.29 is 5.11 Å². The number of rotatable bonds is 2. The Kier molecular flexibility index (Phi) is 3.50. The number of aryl methyl sites for hydroxylation is 1. The summed E-state index contributed by atoms with van der Waals surface area (Å²) in [4.78, 5) is 2.48. The molecule has 0 amide bonds. The van der Waals surface area contributed by atoms with Gasteiger partial charge in [-0.05, 0) is 32.1 Å². The Morgan fingerprint density at radius 3 is 3.00 bits per heavy atom. The third-order valence-corrected chi connectivity index (χ3v) is 5.81. The minimum atomic E-state index is -0.376. The van der Waals surface area contributed by atoms with Crippen LogP contribution >= 0.6 is 0 Å². The molecule has 0 radical (unpaired) electrons. The van der Waals surface area contributed by atoms with Crippen molar-refractivity contribution in [3.05, 3.63) is 11.6 Å². The first-order chi connectivity index (χ1) is 10.2. The average molecular weight is 290 g/mol. The monoisotopic (exact) mass is 290 g/mol. The number of aliphatic hydroxyl groups is 1. The molecule has 5 heteroatoms. The summed E-state index contributed by atoms with van der Waals surface area (Å²) in [6, 6.07) is 0. The summed E-state index contributed by atoms with van der Waals surface area (Å²) in [5, 5.41) is 19.5. The average Bonchev–Trinajstić information content (AvgIpc) is 2.91. The van der Waals surface area contributed by atoms with Gasteiger partial charge < -0.3 is 9.67 Å². The third-order valence-electron chi connectivity index (χ3n) is 5.81. The van der Waals surface area contributed by atoms with Crippen LogP contribution in [-0.4, -0.2) is 43.5 Å². The molecule has 1 N–H and O–H groups in total. The van der Waals surface area contributed by atoms with E-state index in [1.807, 2.05) is 0 Å². The molecule has 2 unspecified atom stereocenters. The number of nitrogens with zero attached hydrogens (tertiary/aromatic N) is 4. The molecule has 1 aliphatic carbocycles. The number of piperidine rings is 1. The molecule has 3 heterocycles. The molecule has 0 aromatic carbocycles. The van der Waals surface area contributed by atoms with E-state index in [-0.39, 0.29) is 5.60 Å². The molecule has 21 heavy (non-hydrogen) atoms. The van der Waals surface area contributed by atoms with E-state index < -0.39 is 0 Å². The van der Waals surface area contributed by atoms with Gasteiger partial charge in [0, 0.05) is 32.0 Å². The predicted octanol–water partition coefficient (Wildman–Crippen LogP) is 1.74. The standard InChI is InChI=1S/C16H26N4O/c21-16-7-3-1-5-13(16)11-19(10-8-16)12-15-18-17-14-6-2-4-9-20(14)15/h13,21H,1-12H2. The lowest BCUT2D eigenvalue weighted by Crippen LogP contribution is -2.53. The van der Waals surface area contributed by atoms with E-state index in [2.05, 4.69) is 19.7 Å². The van der Waals surface area contributed by atoms with Crippen LogP contribution in [0.1, 0.15) is 56.6 Å². The highest BCUT2D eigenvalue weighted by atomic mass is 16.3. The lowest BCUT2D eigenvalue weighted by molar-refractivity contribution is -0.0972. The highest BCUT2D eigenvalue weighted by Crippen LogP contribution is 2.40. The lowest BCUT2D eigenvalue weighted by Gasteiger charge is -2.47. The molecule has 116 valence electrons. The largest absolute Gasteiger partial charge is 0.390 e. The van der Waals surface area contributed by atoms with Gasteiger partial charge in [0.2, 0.25) is 0 Å². The van der Waals surface area contributed by atoms with Gasteiger partial charge in [0.15, 0.2) is 0 Å². The Morgan fingerprint density at radius 2 is 2.05 bits per heavy atom. The zero-order chi connectivity index (χ0) is 14.3. The van der Waals surface area contributed by atoms with Gasteiger partial charge in [-0.25, -0.2) is 0 Å². The molecule has 1 saturated heterocycles. The molecule has 2 atom stereocenters. The topological polar surface area (TPSA) is 54.2 Å². The molecule has 3 aliphatic rings. The van der Waals surface area contributed by atoms with Crippen molar-refractivity contribution in [2.75, 3.05) is 13.1 Å². The first-order valence-corrected chi connectivity index (χ1v) is 8.60. The van der Waals surface area contributed by atoms with E-state index in [9.17, 15) is 5.11 Å². The molecule has 1 saturated carbocycles. The van der Waals surface area contributed by atoms with Crippen LogP contribution in [0.2, 0.25) is 0 Å². The Bertz CT molecular complexity index is 514. The van der Waals surface area contributed by atoms with Crippen molar-refractivity contribution >= 4 is 0 Å². The molecule has 1 aromatic rings. The summed E-state index contributed by atoms with van der Waals surface area (Å²) in [7, 11) is 0. The van der Waals surface area contributed by atoms with Gasteiger partial charge in [0.1, 0.15) is 11.6 Å². The van der Waals surface area contributed by atoms with Crippen molar-refractivity contribution in [1.82, 2.24) is 19.7 Å². The number of fused-ring (bicyclic) bond motifs is 2. The zero-order valence-electron chi connectivity index (χ0n) is 12.8. The summed E-state index contributed by atoms with van der Waals surface area (Å²) < 4.78 is 2.32. The van der Waals surface area contributed by atoms with E-state index in [4.69, 9.17) is 0 Å². The van der Waals surface area contributed by atoms with Crippen molar-refractivity contribution in [2.24, 2.45) is 5.92 Å². The fourth-order valence-electron chi connectivity index (χ4n) is 4.47. The van der Waals surface area contributed by atoms with E-state index in [0.29, 0.717) is 5.92 Å². The molecular weight excluding hydrogens is 264 g/mol. The lowest BCUT2D eigenvalue weighted by atomic mass is 9.71. The highest BCUT2D eigenvalue weighted by Gasteiger charge is 2.42. The Labute approximate surface area is 126 Å². The molecule has 0 spiro atoms. The van der Waals surface area contributed by atoms with Crippen molar-refractivity contribution in [2.45, 2.75) is 70.1 Å². The van der Waals surface area contributed by atoms with Crippen LogP contribution in [-0.2, 0) is 19.5 Å². The Balaban J connectivity index is 1.45. The molecule has 2 aliphatic heterocycles. The van der Waals surface area contributed by atoms with Crippen LogP contribution < -0.4 is 0 Å². The summed E-state index contributed by atoms with van der Waals surface area (Å²) in [5.41, 5.74) is -0.376. The summed E-state index contributed by atoms with van der Waals surface area (Å²) in [5.74, 6) is 2.76. The number of aromatic nitrogens is 3. The van der Waals surface area contributed by atoms with Gasteiger partial charge >= 0.3 is 0 Å². The normalized spacial score (nSPS) is 33.5. The maximum absolute atomic E-state index is 10.8. The second-order valence-corrected chi connectivity index (χ2v) is 7.17.